The molecule has 0 N–H and O–H groups in total. The lowest BCUT2D eigenvalue weighted by atomic mass is 10.0. The highest BCUT2D eigenvalue weighted by Gasteiger charge is 2.39. The Balaban J connectivity index is 1.94. The average molecular weight is 524 g/mol. The molecule has 0 aliphatic carbocycles. The van der Waals surface area contributed by atoms with Crippen LogP contribution in [0.1, 0.15) is 41.3 Å². The average Bonchev–Trinajstić information content (AvgIpc) is 2.79. The van der Waals surface area contributed by atoms with Gasteiger partial charge in [0.25, 0.3) is 0 Å². The molecule has 2 unspecified atom stereocenters. The van der Waals surface area contributed by atoms with Crippen LogP contribution >= 0.6 is 11.6 Å². The molecule has 11 heteroatoms. The lowest BCUT2D eigenvalue weighted by molar-refractivity contribution is -0.228. The zero-order valence-electron chi connectivity index (χ0n) is 18.4. The summed E-state index contributed by atoms with van der Waals surface area (Å²) in [5.41, 5.74) is -2.60. The van der Waals surface area contributed by atoms with Gasteiger partial charge in [-0.05, 0) is 48.4 Å². The van der Waals surface area contributed by atoms with Crippen molar-refractivity contribution in [1.82, 2.24) is 4.90 Å². The van der Waals surface area contributed by atoms with Gasteiger partial charge in [-0.3, -0.25) is 4.90 Å². The number of hydrogen-bond acceptors (Lipinski definition) is 3. The zero-order valence-corrected chi connectivity index (χ0v) is 19.1. The van der Waals surface area contributed by atoms with E-state index in [0.29, 0.717) is 24.2 Å². The Hall–Kier alpha value is -2.32. The van der Waals surface area contributed by atoms with Gasteiger partial charge in [-0.2, -0.15) is 26.3 Å². The summed E-state index contributed by atoms with van der Waals surface area (Å²) in [5.74, 6) is 5.23. The number of morpholine rings is 1. The minimum Gasteiger partial charge on any atom is -0.349 e. The molecule has 0 saturated carbocycles. The summed E-state index contributed by atoms with van der Waals surface area (Å²) in [7, 11) is 0. The summed E-state index contributed by atoms with van der Waals surface area (Å²) in [4.78, 5) is 1.86. The van der Waals surface area contributed by atoms with Gasteiger partial charge in [0.05, 0.1) is 42.3 Å². The molecule has 2 aromatic carbocycles. The highest BCUT2D eigenvalue weighted by Crippen LogP contribution is 2.39. The third-order valence-corrected chi connectivity index (χ3v) is 5.55. The molecule has 2 aromatic rings. The predicted octanol–water partition coefficient (Wildman–Crippen LogP) is 6.58. The maximum absolute atomic E-state index is 13.5. The van der Waals surface area contributed by atoms with Gasteiger partial charge in [-0.15, -0.1) is 11.6 Å². The first kappa shape index (κ1) is 27.3. The molecule has 0 aromatic heterocycles. The van der Waals surface area contributed by atoms with Crippen LogP contribution in [0, 0.1) is 17.7 Å². The van der Waals surface area contributed by atoms with Gasteiger partial charge in [-0.1, -0.05) is 24.0 Å². The van der Waals surface area contributed by atoms with Crippen LogP contribution in [0.4, 0.5) is 30.7 Å². The van der Waals surface area contributed by atoms with E-state index < -0.39 is 47.7 Å². The van der Waals surface area contributed by atoms with Crippen molar-refractivity contribution >= 4 is 11.6 Å². The maximum atomic E-state index is 13.5. The molecule has 0 bridgehead atoms. The van der Waals surface area contributed by atoms with Crippen molar-refractivity contribution in [3.05, 3.63) is 70.5 Å². The Morgan fingerprint density at radius 3 is 2.17 bits per heavy atom. The molecule has 1 aliphatic heterocycles. The van der Waals surface area contributed by atoms with Crippen molar-refractivity contribution in [3.63, 3.8) is 0 Å². The minimum atomic E-state index is -4.98. The highest BCUT2D eigenvalue weighted by atomic mass is 35.5. The predicted molar refractivity (Wildman–Crippen MR) is 115 cm³/mol. The van der Waals surface area contributed by atoms with E-state index in [0.717, 1.165) is 0 Å². The second-order valence-corrected chi connectivity index (χ2v) is 8.08. The summed E-state index contributed by atoms with van der Waals surface area (Å²) in [6.07, 6.45) is -12.2. The molecular formula is C24H21ClF7NO2. The molecule has 1 aliphatic rings. The van der Waals surface area contributed by atoms with Crippen LogP contribution in [0.25, 0.3) is 0 Å². The number of alkyl halides is 7. The first-order valence-electron chi connectivity index (χ1n) is 10.5. The molecule has 1 heterocycles. The molecule has 1 saturated heterocycles. The lowest BCUT2D eigenvalue weighted by Gasteiger charge is -2.41. The van der Waals surface area contributed by atoms with E-state index in [1.807, 2.05) is 4.90 Å². The molecular weight excluding hydrogens is 503 g/mol. The highest BCUT2D eigenvalue weighted by molar-refractivity contribution is 6.19. The molecule has 190 valence electrons. The second-order valence-electron chi connectivity index (χ2n) is 7.81. The molecule has 0 radical (unpaired) electrons. The molecule has 0 amide bonds. The Morgan fingerprint density at radius 2 is 1.63 bits per heavy atom. The Bertz CT molecular complexity index is 1030. The van der Waals surface area contributed by atoms with Crippen LogP contribution < -0.4 is 0 Å². The van der Waals surface area contributed by atoms with Crippen molar-refractivity contribution in [2.24, 2.45) is 0 Å². The first-order valence-corrected chi connectivity index (χ1v) is 11.0. The van der Waals surface area contributed by atoms with Crippen LogP contribution in [0.2, 0.25) is 0 Å². The fourth-order valence-electron chi connectivity index (χ4n) is 3.71. The zero-order chi connectivity index (χ0) is 25.8. The van der Waals surface area contributed by atoms with Gasteiger partial charge in [0.2, 0.25) is 0 Å². The van der Waals surface area contributed by atoms with Gasteiger partial charge in [0, 0.05) is 6.54 Å². The van der Waals surface area contributed by atoms with Crippen LogP contribution in [-0.4, -0.2) is 36.8 Å². The lowest BCUT2D eigenvalue weighted by Crippen LogP contribution is -2.46. The summed E-state index contributed by atoms with van der Waals surface area (Å²) in [6.45, 7) is 2.17. The number of nitrogens with zero attached hydrogens (tertiary/aromatic N) is 1. The Kier molecular flexibility index (Phi) is 8.70. The standard InChI is InChI=1S/C24H21ClF7NO2/c1-15(17-12-18(23(27,28)29)14-19(13-17)24(30,31)32)35-22-21(16-4-6-20(26)7-5-16)33(10-11-34-22)9-3-2-8-25/h4-7,12-15,21-22H,8-11H2,1H3/t15-,21?,22?/m1/s1. The van der Waals surface area contributed by atoms with Crippen LogP contribution in [0.5, 0.6) is 0 Å². The second kappa shape index (κ2) is 11.2. The largest absolute Gasteiger partial charge is 0.416 e. The number of hydrogen-bond donors (Lipinski definition) is 0. The van der Waals surface area contributed by atoms with E-state index in [4.69, 9.17) is 21.1 Å². The van der Waals surface area contributed by atoms with E-state index in [9.17, 15) is 30.7 Å². The van der Waals surface area contributed by atoms with Crippen molar-refractivity contribution in [2.45, 2.75) is 37.7 Å². The quantitative estimate of drug-likeness (QED) is 0.251. The summed E-state index contributed by atoms with van der Waals surface area (Å²) >= 11 is 5.60. The fraction of sp³-hybridized carbons (Fsp3) is 0.417. The Morgan fingerprint density at radius 1 is 1.03 bits per heavy atom. The van der Waals surface area contributed by atoms with Gasteiger partial charge in [0.1, 0.15) is 5.82 Å². The molecule has 3 rings (SSSR count). The summed E-state index contributed by atoms with van der Waals surface area (Å²) < 4.78 is 105. The first-order chi connectivity index (χ1) is 16.4. The van der Waals surface area contributed by atoms with E-state index >= 15 is 0 Å². The minimum absolute atomic E-state index is 0.0614. The molecule has 1 fully saturated rings. The monoisotopic (exact) mass is 523 g/mol. The number of ether oxygens (including phenoxy) is 2. The van der Waals surface area contributed by atoms with Gasteiger partial charge < -0.3 is 9.47 Å². The van der Waals surface area contributed by atoms with Crippen molar-refractivity contribution < 1.29 is 40.2 Å². The van der Waals surface area contributed by atoms with Gasteiger partial charge in [0.15, 0.2) is 6.29 Å². The van der Waals surface area contributed by atoms with Crippen LogP contribution in [-0.2, 0) is 21.8 Å². The number of rotatable bonds is 5. The van der Waals surface area contributed by atoms with E-state index in [-0.39, 0.29) is 30.7 Å². The third kappa shape index (κ3) is 7.10. The normalized spacial score (nSPS) is 20.3. The summed E-state index contributed by atoms with van der Waals surface area (Å²) in [5, 5.41) is 0. The van der Waals surface area contributed by atoms with Crippen molar-refractivity contribution in [1.29, 1.82) is 0 Å². The fourth-order valence-corrected chi connectivity index (χ4v) is 3.80. The molecule has 3 nitrogen and oxygen atoms in total. The van der Waals surface area contributed by atoms with Crippen LogP contribution in [0.3, 0.4) is 0 Å². The van der Waals surface area contributed by atoms with E-state index in [1.54, 1.807) is 0 Å². The molecule has 0 spiro atoms. The number of benzene rings is 2. The van der Waals surface area contributed by atoms with Gasteiger partial charge in [-0.25, -0.2) is 4.39 Å². The summed E-state index contributed by atoms with van der Waals surface area (Å²) in [6, 6.07) is 6.13. The van der Waals surface area contributed by atoms with Gasteiger partial charge >= 0.3 is 12.4 Å². The maximum Gasteiger partial charge on any atom is 0.416 e. The topological polar surface area (TPSA) is 21.7 Å². The Labute approximate surface area is 202 Å². The van der Waals surface area contributed by atoms with E-state index in [1.165, 1.54) is 31.2 Å². The molecule has 3 atom stereocenters. The van der Waals surface area contributed by atoms with Crippen molar-refractivity contribution in [3.8, 4) is 11.8 Å². The molecule has 35 heavy (non-hydrogen) atoms. The SMILES string of the molecule is C[C@@H](OC1OCCN(CC#CCCl)C1c1ccc(F)cc1)c1cc(C(F)(F)F)cc(C(F)(F)F)c1. The smallest absolute Gasteiger partial charge is 0.349 e. The van der Waals surface area contributed by atoms with Crippen molar-refractivity contribution in [2.75, 3.05) is 25.6 Å². The number of halogens is 8. The van der Waals surface area contributed by atoms with Crippen LogP contribution in [0.15, 0.2) is 42.5 Å². The van der Waals surface area contributed by atoms with E-state index in [2.05, 4.69) is 11.8 Å². The third-order valence-electron chi connectivity index (χ3n) is 5.41.